The minimum Gasteiger partial charge on any atom is -0.340 e. The van der Waals surface area contributed by atoms with Crippen molar-refractivity contribution in [2.75, 3.05) is 24.5 Å². The number of nitrogens with one attached hydrogen (secondary N) is 2. The molecule has 4 heteroatoms. The number of nitrogens with zero attached hydrogens (tertiary/aromatic N) is 2. The summed E-state index contributed by atoms with van der Waals surface area (Å²) in [5.74, 6) is 1.83. The number of anilines is 1. The zero-order valence-electron chi connectivity index (χ0n) is 10.4. The third kappa shape index (κ3) is 1.60. The molecule has 0 bridgehead atoms. The average molecular weight is 242 g/mol. The Morgan fingerprint density at radius 2 is 2.17 bits per heavy atom. The Morgan fingerprint density at radius 1 is 1.22 bits per heavy atom. The maximum atomic E-state index is 4.70. The number of piperidine rings is 1. The number of benzene rings is 1. The molecule has 18 heavy (non-hydrogen) atoms. The van der Waals surface area contributed by atoms with Crippen LogP contribution in [0.2, 0.25) is 0 Å². The summed E-state index contributed by atoms with van der Waals surface area (Å²) in [6, 6.07) is 8.91. The summed E-state index contributed by atoms with van der Waals surface area (Å²) in [5, 5.41) is 3.63. The van der Waals surface area contributed by atoms with E-state index in [0.717, 1.165) is 36.0 Å². The molecule has 2 aliphatic rings. The van der Waals surface area contributed by atoms with Crippen LogP contribution >= 0.6 is 0 Å². The van der Waals surface area contributed by atoms with Crippen molar-refractivity contribution in [3.63, 3.8) is 0 Å². The van der Waals surface area contributed by atoms with Gasteiger partial charge in [0, 0.05) is 19.1 Å². The lowest BCUT2D eigenvalue weighted by Gasteiger charge is -2.24. The zero-order chi connectivity index (χ0) is 11.9. The van der Waals surface area contributed by atoms with Gasteiger partial charge < -0.3 is 15.2 Å². The van der Waals surface area contributed by atoms with Gasteiger partial charge in [0.2, 0.25) is 5.95 Å². The quantitative estimate of drug-likeness (QED) is 0.800. The number of H-pyrrole nitrogens is 1. The van der Waals surface area contributed by atoms with Gasteiger partial charge in [0.05, 0.1) is 11.0 Å². The molecule has 1 aromatic carbocycles. The lowest BCUT2D eigenvalue weighted by molar-refractivity contribution is 0.340. The van der Waals surface area contributed by atoms with Gasteiger partial charge in [0.15, 0.2) is 0 Å². The monoisotopic (exact) mass is 242 g/mol. The molecule has 0 radical (unpaired) electrons. The van der Waals surface area contributed by atoms with Gasteiger partial charge >= 0.3 is 0 Å². The Balaban J connectivity index is 1.63. The number of hydrogen-bond donors (Lipinski definition) is 2. The first-order chi connectivity index (χ1) is 8.90. The van der Waals surface area contributed by atoms with E-state index in [1.54, 1.807) is 0 Å². The van der Waals surface area contributed by atoms with E-state index in [1.807, 2.05) is 6.07 Å². The van der Waals surface area contributed by atoms with Gasteiger partial charge in [-0.3, -0.25) is 0 Å². The van der Waals surface area contributed by atoms with E-state index in [1.165, 1.54) is 19.4 Å². The molecule has 0 unspecified atom stereocenters. The Hall–Kier alpha value is -1.55. The number of imidazole rings is 1. The Labute approximate surface area is 106 Å². The number of para-hydroxylation sites is 2. The van der Waals surface area contributed by atoms with Crippen molar-refractivity contribution in [1.82, 2.24) is 15.3 Å². The van der Waals surface area contributed by atoms with Crippen molar-refractivity contribution in [1.29, 1.82) is 0 Å². The minimum absolute atomic E-state index is 0.659. The van der Waals surface area contributed by atoms with Crippen LogP contribution in [0, 0.1) is 5.92 Å². The SMILES string of the molecule is c1ccc2[nH]c(N3C[C@@H]4CCCN[C@@H]4C3)nc2c1. The number of fused-ring (bicyclic) bond motifs is 2. The maximum absolute atomic E-state index is 4.70. The molecule has 0 aliphatic carbocycles. The van der Waals surface area contributed by atoms with Gasteiger partial charge in [-0.2, -0.15) is 0 Å². The smallest absolute Gasteiger partial charge is 0.203 e. The number of hydrogen-bond acceptors (Lipinski definition) is 3. The van der Waals surface area contributed by atoms with Crippen LogP contribution in [0.1, 0.15) is 12.8 Å². The van der Waals surface area contributed by atoms with Crippen LogP contribution in [0.3, 0.4) is 0 Å². The highest BCUT2D eigenvalue weighted by Gasteiger charge is 2.35. The highest BCUT2D eigenvalue weighted by atomic mass is 15.3. The van der Waals surface area contributed by atoms with E-state index in [0.29, 0.717) is 6.04 Å². The average Bonchev–Trinajstić information content (AvgIpc) is 3.02. The molecule has 2 fully saturated rings. The summed E-state index contributed by atoms with van der Waals surface area (Å²) in [5.41, 5.74) is 2.20. The Bertz CT molecular complexity index is 515. The van der Waals surface area contributed by atoms with Crippen LogP contribution < -0.4 is 10.2 Å². The first kappa shape index (κ1) is 10.4. The predicted molar refractivity (Wildman–Crippen MR) is 72.8 cm³/mol. The fourth-order valence-electron chi connectivity index (χ4n) is 3.31. The van der Waals surface area contributed by atoms with Gasteiger partial charge in [0.25, 0.3) is 0 Å². The topological polar surface area (TPSA) is 44.0 Å². The van der Waals surface area contributed by atoms with E-state index in [2.05, 4.69) is 33.4 Å². The van der Waals surface area contributed by atoms with Crippen LogP contribution in [-0.2, 0) is 0 Å². The molecule has 4 nitrogen and oxygen atoms in total. The molecule has 0 saturated carbocycles. The second-order valence-electron chi connectivity index (χ2n) is 5.45. The highest BCUT2D eigenvalue weighted by molar-refractivity contribution is 5.77. The first-order valence-corrected chi connectivity index (χ1v) is 6.83. The van der Waals surface area contributed by atoms with E-state index >= 15 is 0 Å². The number of rotatable bonds is 1. The summed E-state index contributed by atoms with van der Waals surface area (Å²) < 4.78 is 0. The molecule has 1 aromatic heterocycles. The van der Waals surface area contributed by atoms with Crippen molar-refractivity contribution >= 4 is 17.0 Å². The van der Waals surface area contributed by atoms with Crippen molar-refractivity contribution < 1.29 is 0 Å². The van der Waals surface area contributed by atoms with Gasteiger partial charge in [0.1, 0.15) is 0 Å². The molecule has 94 valence electrons. The molecule has 0 spiro atoms. The Morgan fingerprint density at radius 3 is 3.06 bits per heavy atom. The normalized spacial score (nSPS) is 27.7. The second-order valence-corrected chi connectivity index (χ2v) is 5.45. The predicted octanol–water partition coefficient (Wildman–Crippen LogP) is 1.75. The fourth-order valence-corrected chi connectivity index (χ4v) is 3.31. The second kappa shape index (κ2) is 3.99. The van der Waals surface area contributed by atoms with E-state index in [4.69, 9.17) is 4.98 Å². The fraction of sp³-hybridized carbons (Fsp3) is 0.500. The van der Waals surface area contributed by atoms with Crippen LogP contribution in [0.5, 0.6) is 0 Å². The molecule has 0 amide bonds. The summed E-state index contributed by atoms with van der Waals surface area (Å²) in [6.07, 6.45) is 2.67. The van der Waals surface area contributed by atoms with E-state index in [9.17, 15) is 0 Å². The van der Waals surface area contributed by atoms with Crippen molar-refractivity contribution in [2.24, 2.45) is 5.92 Å². The molecular weight excluding hydrogens is 224 g/mol. The molecule has 2 N–H and O–H groups in total. The van der Waals surface area contributed by atoms with E-state index in [-0.39, 0.29) is 0 Å². The summed E-state index contributed by atoms with van der Waals surface area (Å²) in [7, 11) is 0. The molecule has 2 aliphatic heterocycles. The summed E-state index contributed by atoms with van der Waals surface area (Å²) in [6.45, 7) is 3.40. The highest BCUT2D eigenvalue weighted by Crippen LogP contribution is 2.28. The Kier molecular flexibility index (Phi) is 2.30. The van der Waals surface area contributed by atoms with Gasteiger partial charge in [-0.05, 0) is 37.4 Å². The zero-order valence-corrected chi connectivity index (χ0v) is 10.4. The third-order valence-electron chi connectivity index (χ3n) is 4.28. The third-order valence-corrected chi connectivity index (χ3v) is 4.28. The molecular formula is C14H18N4. The molecule has 2 saturated heterocycles. The summed E-state index contributed by atoms with van der Waals surface area (Å²) in [4.78, 5) is 10.5. The largest absolute Gasteiger partial charge is 0.340 e. The minimum atomic E-state index is 0.659. The first-order valence-electron chi connectivity index (χ1n) is 6.83. The van der Waals surface area contributed by atoms with Gasteiger partial charge in [-0.25, -0.2) is 4.98 Å². The van der Waals surface area contributed by atoms with E-state index < -0.39 is 0 Å². The molecule has 2 aromatic rings. The maximum Gasteiger partial charge on any atom is 0.203 e. The van der Waals surface area contributed by atoms with Gasteiger partial charge in [-0.15, -0.1) is 0 Å². The standard InChI is InChI=1S/C14H18N4/c1-2-6-12-11(5-1)16-14(17-12)18-8-10-4-3-7-15-13(10)9-18/h1-2,5-6,10,13,15H,3-4,7-9H2,(H,16,17)/t10-,13+/m0/s1. The number of aromatic amines is 1. The van der Waals surface area contributed by atoms with Crippen LogP contribution in [-0.4, -0.2) is 35.6 Å². The molecule has 3 heterocycles. The van der Waals surface area contributed by atoms with Crippen LogP contribution in [0.25, 0.3) is 11.0 Å². The lowest BCUT2D eigenvalue weighted by atomic mass is 9.94. The van der Waals surface area contributed by atoms with Crippen LogP contribution in [0.4, 0.5) is 5.95 Å². The lowest BCUT2D eigenvalue weighted by Crippen LogP contribution is -2.40. The summed E-state index contributed by atoms with van der Waals surface area (Å²) >= 11 is 0. The van der Waals surface area contributed by atoms with Crippen molar-refractivity contribution in [3.8, 4) is 0 Å². The molecule has 4 rings (SSSR count). The van der Waals surface area contributed by atoms with Gasteiger partial charge in [-0.1, -0.05) is 12.1 Å². The molecule has 2 atom stereocenters. The number of aromatic nitrogens is 2. The van der Waals surface area contributed by atoms with Crippen molar-refractivity contribution in [2.45, 2.75) is 18.9 Å². The van der Waals surface area contributed by atoms with Crippen LogP contribution in [0.15, 0.2) is 24.3 Å². The van der Waals surface area contributed by atoms with Crippen molar-refractivity contribution in [3.05, 3.63) is 24.3 Å².